The molecule has 2 heteroatoms. The molecule has 2 aromatic rings. The first kappa shape index (κ1) is 17.8. The summed E-state index contributed by atoms with van der Waals surface area (Å²) in [5.74, 6) is 1.78. The van der Waals surface area contributed by atoms with Crippen molar-refractivity contribution in [3.05, 3.63) is 35.6 Å². The summed E-state index contributed by atoms with van der Waals surface area (Å²) in [7, 11) is 0. The minimum Gasteiger partial charge on any atom is -0.461 e. The van der Waals surface area contributed by atoms with Crippen LogP contribution in [0.15, 0.2) is 28.7 Å². The van der Waals surface area contributed by atoms with E-state index in [9.17, 15) is 0 Å². The number of rotatable bonds is 2. The lowest BCUT2D eigenvalue weighted by Gasteiger charge is -2.20. The molecule has 118 valence electrons. The van der Waals surface area contributed by atoms with E-state index >= 15 is 0 Å². The van der Waals surface area contributed by atoms with Crippen molar-refractivity contribution < 1.29 is 4.42 Å². The van der Waals surface area contributed by atoms with Crippen molar-refractivity contribution in [2.45, 2.75) is 59.8 Å². The van der Waals surface area contributed by atoms with Gasteiger partial charge in [0.1, 0.15) is 11.3 Å². The highest BCUT2D eigenvalue weighted by Gasteiger charge is 2.18. The summed E-state index contributed by atoms with van der Waals surface area (Å²) in [5.41, 5.74) is 2.42. The maximum atomic E-state index is 5.98. The van der Waals surface area contributed by atoms with Crippen LogP contribution in [0.2, 0.25) is 0 Å². The van der Waals surface area contributed by atoms with Crippen LogP contribution in [-0.2, 0) is 6.42 Å². The highest BCUT2D eigenvalue weighted by atomic mass is 16.3. The molecule has 2 heterocycles. The Balaban J connectivity index is 0.000000510. The monoisotopic (exact) mass is 289 g/mol. The molecule has 21 heavy (non-hydrogen) atoms. The number of benzene rings is 1. The Morgan fingerprint density at radius 3 is 2.33 bits per heavy atom. The van der Waals surface area contributed by atoms with Crippen molar-refractivity contribution in [1.82, 2.24) is 5.32 Å². The van der Waals surface area contributed by atoms with Crippen molar-refractivity contribution in [1.29, 1.82) is 0 Å². The number of fused-ring (bicyclic) bond motifs is 1. The van der Waals surface area contributed by atoms with Gasteiger partial charge in [-0.3, -0.25) is 0 Å². The SMILES string of the molecule is CC.CC.CCc1ccc2oc(C3CCNCC3)cc2c1. The number of aryl methyl sites for hydroxylation is 1. The van der Waals surface area contributed by atoms with Gasteiger partial charge >= 0.3 is 0 Å². The average molecular weight is 289 g/mol. The zero-order valence-electron chi connectivity index (χ0n) is 14.3. The second kappa shape index (κ2) is 9.62. The lowest BCUT2D eigenvalue weighted by atomic mass is 9.95. The van der Waals surface area contributed by atoms with Gasteiger partial charge in [-0.25, -0.2) is 0 Å². The van der Waals surface area contributed by atoms with Crippen molar-refractivity contribution in [2.24, 2.45) is 0 Å². The van der Waals surface area contributed by atoms with Crippen LogP contribution >= 0.6 is 0 Å². The van der Waals surface area contributed by atoms with Crippen LogP contribution in [0, 0.1) is 0 Å². The molecule has 1 aromatic heterocycles. The standard InChI is InChI=1S/C15H19NO.2C2H6/c1-2-11-3-4-14-13(9-11)10-15(17-14)12-5-7-16-8-6-12;2*1-2/h3-4,9-10,12,16H,2,5-8H2,1H3;2*1-2H3. The molecule has 1 aliphatic heterocycles. The number of hydrogen-bond donors (Lipinski definition) is 1. The predicted molar refractivity (Wildman–Crippen MR) is 93.1 cm³/mol. The van der Waals surface area contributed by atoms with Gasteiger partial charge in [-0.2, -0.15) is 0 Å². The Bertz CT molecular complexity index is 509. The maximum absolute atomic E-state index is 5.98. The molecule has 0 unspecified atom stereocenters. The maximum Gasteiger partial charge on any atom is 0.134 e. The van der Waals surface area contributed by atoms with E-state index in [1.54, 1.807) is 0 Å². The molecule has 0 amide bonds. The molecule has 0 radical (unpaired) electrons. The summed E-state index contributed by atoms with van der Waals surface area (Å²) < 4.78 is 5.98. The van der Waals surface area contributed by atoms with Crippen molar-refractivity contribution in [3.8, 4) is 0 Å². The predicted octanol–water partition coefficient (Wildman–Crippen LogP) is 5.51. The van der Waals surface area contributed by atoms with Gasteiger partial charge in [0.15, 0.2) is 0 Å². The number of piperidine rings is 1. The molecule has 1 aromatic carbocycles. The first-order valence-electron chi connectivity index (χ1n) is 8.60. The summed E-state index contributed by atoms with van der Waals surface area (Å²) in [4.78, 5) is 0. The summed E-state index contributed by atoms with van der Waals surface area (Å²) >= 11 is 0. The van der Waals surface area contributed by atoms with Crippen LogP contribution in [0.4, 0.5) is 0 Å². The van der Waals surface area contributed by atoms with Crippen molar-refractivity contribution in [3.63, 3.8) is 0 Å². The normalized spacial score (nSPS) is 14.9. The molecule has 0 saturated carbocycles. The van der Waals surface area contributed by atoms with E-state index < -0.39 is 0 Å². The molecule has 1 saturated heterocycles. The van der Waals surface area contributed by atoms with Gasteiger partial charge in [0.05, 0.1) is 0 Å². The number of furan rings is 1. The highest BCUT2D eigenvalue weighted by Crippen LogP contribution is 2.30. The third kappa shape index (κ3) is 4.60. The van der Waals surface area contributed by atoms with Gasteiger partial charge in [-0.05, 0) is 56.1 Å². The molecule has 3 rings (SSSR count). The van der Waals surface area contributed by atoms with Gasteiger partial charge < -0.3 is 9.73 Å². The second-order valence-electron chi connectivity index (χ2n) is 4.90. The number of nitrogens with one attached hydrogen (secondary N) is 1. The Kier molecular flexibility index (Phi) is 8.14. The lowest BCUT2D eigenvalue weighted by molar-refractivity contribution is 0.397. The topological polar surface area (TPSA) is 25.2 Å². The third-order valence-corrected chi connectivity index (χ3v) is 3.75. The summed E-state index contributed by atoms with van der Waals surface area (Å²) in [5, 5.41) is 4.66. The zero-order valence-corrected chi connectivity index (χ0v) is 14.3. The molecular formula is C19H31NO. The fraction of sp³-hybridized carbons (Fsp3) is 0.579. The van der Waals surface area contributed by atoms with Crippen LogP contribution in [0.3, 0.4) is 0 Å². The Labute approximate surface area is 129 Å². The van der Waals surface area contributed by atoms with E-state index in [4.69, 9.17) is 4.42 Å². The fourth-order valence-electron chi connectivity index (χ4n) is 2.64. The molecule has 0 bridgehead atoms. The van der Waals surface area contributed by atoms with Crippen molar-refractivity contribution >= 4 is 11.0 Å². The molecule has 0 spiro atoms. The van der Waals surface area contributed by atoms with Crippen LogP contribution < -0.4 is 5.32 Å². The molecule has 1 aliphatic rings. The van der Waals surface area contributed by atoms with E-state index in [-0.39, 0.29) is 0 Å². The molecule has 0 atom stereocenters. The van der Waals surface area contributed by atoms with Crippen LogP contribution in [0.5, 0.6) is 0 Å². The quantitative estimate of drug-likeness (QED) is 0.788. The number of hydrogen-bond acceptors (Lipinski definition) is 2. The fourth-order valence-corrected chi connectivity index (χ4v) is 2.64. The van der Waals surface area contributed by atoms with E-state index in [2.05, 4.69) is 36.5 Å². The summed E-state index contributed by atoms with van der Waals surface area (Å²) in [6, 6.07) is 8.77. The first-order valence-corrected chi connectivity index (χ1v) is 8.60. The molecule has 2 nitrogen and oxygen atoms in total. The molecular weight excluding hydrogens is 258 g/mol. The van der Waals surface area contributed by atoms with E-state index in [1.807, 2.05) is 27.7 Å². The summed E-state index contributed by atoms with van der Waals surface area (Å²) in [6.07, 6.45) is 3.48. The highest BCUT2D eigenvalue weighted by molar-refractivity contribution is 5.78. The van der Waals surface area contributed by atoms with Gasteiger partial charge in [0.2, 0.25) is 0 Å². The average Bonchev–Trinajstić information content (AvgIpc) is 3.02. The van der Waals surface area contributed by atoms with Gasteiger partial charge in [-0.1, -0.05) is 40.7 Å². The van der Waals surface area contributed by atoms with Crippen molar-refractivity contribution in [2.75, 3.05) is 13.1 Å². The zero-order chi connectivity index (χ0) is 15.7. The van der Waals surface area contributed by atoms with Gasteiger partial charge in [0, 0.05) is 11.3 Å². The van der Waals surface area contributed by atoms with Gasteiger partial charge in [0.25, 0.3) is 0 Å². The summed E-state index contributed by atoms with van der Waals surface area (Å²) in [6.45, 7) is 12.4. The minimum absolute atomic E-state index is 0.605. The largest absolute Gasteiger partial charge is 0.461 e. The Morgan fingerprint density at radius 1 is 1.05 bits per heavy atom. The Hall–Kier alpha value is -1.28. The molecule has 1 N–H and O–H groups in total. The van der Waals surface area contributed by atoms with E-state index in [1.165, 1.54) is 29.6 Å². The second-order valence-corrected chi connectivity index (χ2v) is 4.90. The van der Waals surface area contributed by atoms with E-state index in [0.29, 0.717) is 5.92 Å². The smallest absolute Gasteiger partial charge is 0.134 e. The van der Waals surface area contributed by atoms with Crippen LogP contribution in [0.1, 0.15) is 64.7 Å². The minimum atomic E-state index is 0.605. The van der Waals surface area contributed by atoms with E-state index in [0.717, 1.165) is 25.1 Å². The Morgan fingerprint density at radius 2 is 1.71 bits per heavy atom. The molecule has 1 fully saturated rings. The van der Waals surface area contributed by atoms with Crippen LogP contribution in [-0.4, -0.2) is 13.1 Å². The lowest BCUT2D eigenvalue weighted by Crippen LogP contribution is -2.26. The molecule has 0 aliphatic carbocycles. The third-order valence-electron chi connectivity index (χ3n) is 3.75. The van der Waals surface area contributed by atoms with Crippen LogP contribution in [0.25, 0.3) is 11.0 Å². The van der Waals surface area contributed by atoms with Gasteiger partial charge in [-0.15, -0.1) is 0 Å². The first-order chi connectivity index (χ1) is 10.4.